The molecular weight excluding hydrogens is 280 g/mol. The highest BCUT2D eigenvalue weighted by Crippen LogP contribution is 2.12. The number of anilines is 1. The number of aryl methyl sites for hydroxylation is 1. The van der Waals surface area contributed by atoms with Gasteiger partial charge >= 0.3 is 5.97 Å². The van der Waals surface area contributed by atoms with E-state index < -0.39 is 5.97 Å². The van der Waals surface area contributed by atoms with Crippen LogP contribution in [0.1, 0.15) is 28.5 Å². The number of aromatic nitrogens is 1. The molecule has 5 nitrogen and oxygen atoms in total. The normalized spacial score (nSPS) is 11.1. The first-order valence-corrected chi connectivity index (χ1v) is 6.71. The molecule has 0 spiro atoms. The molecule has 0 atom stereocenters. The number of nitrogens with one attached hydrogen (secondary N) is 1. The minimum atomic E-state index is -1.10. The van der Waals surface area contributed by atoms with Crippen molar-refractivity contribution in [3.8, 4) is 0 Å². The van der Waals surface area contributed by atoms with Gasteiger partial charge in [0.05, 0.1) is 11.9 Å². The minimum absolute atomic E-state index is 0.0649. The van der Waals surface area contributed by atoms with Crippen molar-refractivity contribution in [1.82, 2.24) is 4.98 Å². The molecule has 0 fully saturated rings. The van der Waals surface area contributed by atoms with Crippen LogP contribution in [0.15, 0.2) is 48.2 Å². The first-order valence-electron chi connectivity index (χ1n) is 6.71. The first kappa shape index (κ1) is 15.4. The van der Waals surface area contributed by atoms with Crippen LogP contribution in [-0.4, -0.2) is 22.0 Å². The summed E-state index contributed by atoms with van der Waals surface area (Å²) >= 11 is 0. The van der Waals surface area contributed by atoms with Crippen LogP contribution in [0.2, 0.25) is 0 Å². The van der Waals surface area contributed by atoms with E-state index in [0.29, 0.717) is 11.3 Å². The number of benzene rings is 1. The highest BCUT2D eigenvalue weighted by atomic mass is 16.4. The van der Waals surface area contributed by atoms with Crippen LogP contribution in [0.4, 0.5) is 5.69 Å². The quantitative estimate of drug-likeness (QED) is 0.849. The summed E-state index contributed by atoms with van der Waals surface area (Å²) in [7, 11) is 0. The maximum atomic E-state index is 12.1. The fourth-order valence-corrected chi connectivity index (χ4v) is 1.80. The third-order valence-corrected chi connectivity index (χ3v) is 3.06. The van der Waals surface area contributed by atoms with Crippen LogP contribution in [0.25, 0.3) is 6.08 Å². The number of pyridine rings is 1. The van der Waals surface area contributed by atoms with Crippen molar-refractivity contribution >= 4 is 23.6 Å². The molecule has 1 amide bonds. The summed E-state index contributed by atoms with van der Waals surface area (Å²) < 4.78 is 0. The molecule has 1 heterocycles. The van der Waals surface area contributed by atoms with E-state index in [1.54, 1.807) is 13.0 Å². The molecular formula is C17H16N2O3. The third-order valence-electron chi connectivity index (χ3n) is 3.06. The Hall–Kier alpha value is -2.95. The Balaban J connectivity index is 2.07. The van der Waals surface area contributed by atoms with Crippen molar-refractivity contribution < 1.29 is 14.7 Å². The number of hydrogen-bond donors (Lipinski definition) is 2. The molecule has 2 N–H and O–H groups in total. The van der Waals surface area contributed by atoms with Gasteiger partial charge < -0.3 is 10.4 Å². The van der Waals surface area contributed by atoms with Crippen molar-refractivity contribution in [2.75, 3.05) is 5.32 Å². The molecule has 2 aromatic rings. The van der Waals surface area contributed by atoms with Crippen molar-refractivity contribution in [3.63, 3.8) is 0 Å². The number of nitrogens with zero attached hydrogens (tertiary/aromatic N) is 1. The highest BCUT2D eigenvalue weighted by Gasteiger charge is 2.07. The Morgan fingerprint density at radius 1 is 1.14 bits per heavy atom. The number of carbonyl (C=O) groups is 2. The van der Waals surface area contributed by atoms with E-state index in [9.17, 15) is 9.59 Å². The van der Waals surface area contributed by atoms with Crippen LogP contribution in [-0.2, 0) is 4.79 Å². The van der Waals surface area contributed by atoms with Gasteiger partial charge in [-0.3, -0.25) is 4.79 Å². The van der Waals surface area contributed by atoms with Crippen molar-refractivity contribution in [2.45, 2.75) is 13.8 Å². The summed E-state index contributed by atoms with van der Waals surface area (Å²) in [5, 5.41) is 11.4. The molecule has 0 aliphatic carbocycles. The molecule has 5 heteroatoms. The van der Waals surface area contributed by atoms with Crippen LogP contribution in [0.3, 0.4) is 0 Å². The molecule has 0 saturated carbocycles. The summed E-state index contributed by atoms with van der Waals surface area (Å²) in [6.07, 6.45) is 3.11. The average molecular weight is 296 g/mol. The zero-order valence-corrected chi connectivity index (χ0v) is 12.3. The minimum Gasteiger partial charge on any atom is -0.477 e. The first-order chi connectivity index (χ1) is 10.5. The van der Waals surface area contributed by atoms with Gasteiger partial charge in [0.1, 0.15) is 5.69 Å². The lowest BCUT2D eigenvalue weighted by atomic mass is 10.1. The standard InChI is InChI=1S/C17H16N2O3/c1-11-3-5-13(6-4-11)9-12(2)16(20)19-14-7-8-15(17(21)22)18-10-14/h3-10H,1-2H3,(H,19,20)(H,21,22)/b12-9+. The maximum Gasteiger partial charge on any atom is 0.354 e. The summed E-state index contributed by atoms with van der Waals surface area (Å²) in [4.78, 5) is 26.5. The molecule has 2 rings (SSSR count). The zero-order chi connectivity index (χ0) is 16.1. The predicted molar refractivity (Wildman–Crippen MR) is 84.7 cm³/mol. The topological polar surface area (TPSA) is 79.3 Å². The van der Waals surface area contributed by atoms with Gasteiger partial charge in [-0.25, -0.2) is 9.78 Å². The van der Waals surface area contributed by atoms with Gasteiger partial charge in [-0.1, -0.05) is 29.8 Å². The lowest BCUT2D eigenvalue weighted by molar-refractivity contribution is -0.112. The fraction of sp³-hybridized carbons (Fsp3) is 0.118. The van der Waals surface area contributed by atoms with Gasteiger partial charge in [-0.05, 0) is 37.6 Å². The summed E-state index contributed by atoms with van der Waals surface area (Å²) in [6, 6.07) is 10.7. The number of carboxylic acid groups (broad SMARTS) is 1. The largest absolute Gasteiger partial charge is 0.477 e. The smallest absolute Gasteiger partial charge is 0.354 e. The Morgan fingerprint density at radius 3 is 2.36 bits per heavy atom. The third kappa shape index (κ3) is 4.02. The molecule has 1 aromatic carbocycles. The molecule has 0 bridgehead atoms. The van der Waals surface area contributed by atoms with E-state index in [1.807, 2.05) is 31.2 Å². The second kappa shape index (κ2) is 6.67. The number of amides is 1. The van der Waals surface area contributed by atoms with E-state index in [0.717, 1.165) is 11.1 Å². The molecule has 0 unspecified atom stereocenters. The maximum absolute atomic E-state index is 12.1. The summed E-state index contributed by atoms with van der Waals surface area (Å²) in [5.74, 6) is -1.36. The molecule has 0 saturated heterocycles. The Morgan fingerprint density at radius 2 is 1.82 bits per heavy atom. The monoisotopic (exact) mass is 296 g/mol. The molecule has 22 heavy (non-hydrogen) atoms. The zero-order valence-electron chi connectivity index (χ0n) is 12.3. The predicted octanol–water partition coefficient (Wildman–Crippen LogP) is 3.13. The van der Waals surface area contributed by atoms with Gasteiger partial charge in [-0.15, -0.1) is 0 Å². The van der Waals surface area contributed by atoms with E-state index in [1.165, 1.54) is 18.3 Å². The molecule has 112 valence electrons. The molecule has 0 aliphatic heterocycles. The Bertz CT molecular complexity index is 717. The number of carboxylic acids is 1. The number of rotatable bonds is 4. The Labute approximate surface area is 128 Å². The van der Waals surface area contributed by atoms with Crippen molar-refractivity contribution in [3.05, 3.63) is 65.0 Å². The Kier molecular flexibility index (Phi) is 4.68. The molecule has 1 aromatic heterocycles. The lowest BCUT2D eigenvalue weighted by Crippen LogP contribution is -2.13. The highest BCUT2D eigenvalue weighted by molar-refractivity contribution is 6.06. The second-order valence-corrected chi connectivity index (χ2v) is 4.93. The van der Waals surface area contributed by atoms with E-state index in [2.05, 4.69) is 10.3 Å². The fourth-order valence-electron chi connectivity index (χ4n) is 1.80. The van der Waals surface area contributed by atoms with Gasteiger partial charge in [0, 0.05) is 5.57 Å². The number of aromatic carboxylic acids is 1. The van der Waals surface area contributed by atoms with Gasteiger partial charge in [0.25, 0.3) is 5.91 Å². The summed E-state index contributed by atoms with van der Waals surface area (Å²) in [6.45, 7) is 3.72. The lowest BCUT2D eigenvalue weighted by Gasteiger charge is -2.05. The average Bonchev–Trinajstić information content (AvgIpc) is 2.50. The molecule has 0 aliphatic rings. The molecule has 0 radical (unpaired) electrons. The van der Waals surface area contributed by atoms with E-state index >= 15 is 0 Å². The SMILES string of the molecule is C/C(=C\c1ccc(C)cc1)C(=O)Nc1ccc(C(=O)O)nc1. The van der Waals surface area contributed by atoms with Gasteiger partial charge in [-0.2, -0.15) is 0 Å². The number of carbonyl (C=O) groups excluding carboxylic acids is 1. The van der Waals surface area contributed by atoms with Gasteiger partial charge in [0.2, 0.25) is 0 Å². The number of hydrogen-bond acceptors (Lipinski definition) is 3. The van der Waals surface area contributed by atoms with Crippen LogP contribution in [0.5, 0.6) is 0 Å². The van der Waals surface area contributed by atoms with Gasteiger partial charge in [0.15, 0.2) is 0 Å². The van der Waals surface area contributed by atoms with E-state index in [-0.39, 0.29) is 11.6 Å². The van der Waals surface area contributed by atoms with E-state index in [4.69, 9.17) is 5.11 Å². The summed E-state index contributed by atoms with van der Waals surface area (Å²) in [5.41, 5.74) is 3.03. The van der Waals surface area contributed by atoms with Crippen molar-refractivity contribution in [2.24, 2.45) is 0 Å². The van der Waals surface area contributed by atoms with Crippen LogP contribution >= 0.6 is 0 Å². The van der Waals surface area contributed by atoms with Crippen LogP contribution in [0, 0.1) is 6.92 Å². The second-order valence-electron chi connectivity index (χ2n) is 4.93. The van der Waals surface area contributed by atoms with Crippen molar-refractivity contribution in [1.29, 1.82) is 0 Å². The van der Waals surface area contributed by atoms with Crippen LogP contribution < -0.4 is 5.32 Å².